The molecule has 1 aliphatic rings. The normalized spacial score (nSPS) is 19.7. The number of pyridine rings is 1. The van der Waals surface area contributed by atoms with Crippen LogP contribution >= 0.6 is 0 Å². The molecule has 1 aromatic rings. The van der Waals surface area contributed by atoms with E-state index in [-0.39, 0.29) is 11.5 Å². The van der Waals surface area contributed by atoms with Crippen molar-refractivity contribution in [2.75, 3.05) is 6.61 Å². The van der Waals surface area contributed by atoms with Crippen molar-refractivity contribution in [2.24, 2.45) is 11.1 Å². The molecule has 0 amide bonds. The molecular formula is C15H24N2O. The van der Waals surface area contributed by atoms with Crippen LogP contribution in [0.5, 0.6) is 5.75 Å². The van der Waals surface area contributed by atoms with Gasteiger partial charge in [-0.05, 0) is 36.3 Å². The molecule has 3 heteroatoms. The highest BCUT2D eigenvalue weighted by Gasteiger charge is 2.35. The third-order valence-electron chi connectivity index (χ3n) is 4.06. The first-order valence-corrected chi connectivity index (χ1v) is 6.99. The van der Waals surface area contributed by atoms with E-state index in [9.17, 15) is 0 Å². The average molecular weight is 248 g/mol. The van der Waals surface area contributed by atoms with Crippen LogP contribution in [-0.2, 0) is 0 Å². The first kappa shape index (κ1) is 13.3. The van der Waals surface area contributed by atoms with E-state index < -0.39 is 0 Å². The fourth-order valence-corrected chi connectivity index (χ4v) is 2.80. The van der Waals surface area contributed by atoms with Gasteiger partial charge >= 0.3 is 0 Å². The first-order chi connectivity index (χ1) is 8.65. The second-order valence-electron chi connectivity index (χ2n) is 5.64. The van der Waals surface area contributed by atoms with Gasteiger partial charge in [0.25, 0.3) is 0 Å². The Bertz CT molecular complexity index is 386. The Morgan fingerprint density at radius 1 is 1.39 bits per heavy atom. The zero-order valence-electron chi connectivity index (χ0n) is 11.5. The van der Waals surface area contributed by atoms with E-state index >= 15 is 0 Å². The highest BCUT2D eigenvalue weighted by molar-refractivity contribution is 5.27. The van der Waals surface area contributed by atoms with E-state index in [4.69, 9.17) is 10.5 Å². The molecule has 1 atom stereocenters. The Morgan fingerprint density at radius 3 is 2.78 bits per heavy atom. The molecule has 1 aliphatic carbocycles. The molecule has 1 fully saturated rings. The maximum atomic E-state index is 6.44. The molecule has 100 valence electrons. The third kappa shape index (κ3) is 2.83. The van der Waals surface area contributed by atoms with Gasteiger partial charge in [0.1, 0.15) is 5.75 Å². The SMILES string of the molecule is CCCOc1cncc(C(N)C2(C)CCCC2)c1. The molecule has 1 saturated carbocycles. The van der Waals surface area contributed by atoms with Crippen molar-refractivity contribution < 1.29 is 4.74 Å². The van der Waals surface area contributed by atoms with Crippen molar-refractivity contribution in [2.45, 2.75) is 52.0 Å². The fourth-order valence-electron chi connectivity index (χ4n) is 2.80. The minimum absolute atomic E-state index is 0.0673. The van der Waals surface area contributed by atoms with Crippen LogP contribution in [0.3, 0.4) is 0 Å². The smallest absolute Gasteiger partial charge is 0.137 e. The Morgan fingerprint density at radius 2 is 2.11 bits per heavy atom. The summed E-state index contributed by atoms with van der Waals surface area (Å²) in [4.78, 5) is 4.26. The van der Waals surface area contributed by atoms with E-state index in [0.717, 1.165) is 24.3 Å². The highest BCUT2D eigenvalue weighted by atomic mass is 16.5. The molecule has 0 bridgehead atoms. The Hall–Kier alpha value is -1.09. The van der Waals surface area contributed by atoms with E-state index in [1.54, 1.807) is 6.20 Å². The minimum Gasteiger partial charge on any atom is -0.492 e. The summed E-state index contributed by atoms with van der Waals surface area (Å²) in [7, 11) is 0. The lowest BCUT2D eigenvalue weighted by Crippen LogP contribution is -2.29. The summed E-state index contributed by atoms with van der Waals surface area (Å²) in [6, 6.07) is 2.12. The van der Waals surface area contributed by atoms with Crippen molar-refractivity contribution >= 4 is 0 Å². The van der Waals surface area contributed by atoms with Crippen LogP contribution < -0.4 is 10.5 Å². The lowest BCUT2D eigenvalue weighted by Gasteiger charge is -2.31. The lowest BCUT2D eigenvalue weighted by molar-refractivity contribution is 0.263. The van der Waals surface area contributed by atoms with Crippen molar-refractivity contribution in [3.63, 3.8) is 0 Å². The predicted octanol–water partition coefficient (Wildman–Crippen LogP) is 3.45. The number of nitrogens with two attached hydrogens (primary N) is 1. The van der Waals surface area contributed by atoms with Crippen molar-refractivity contribution in [3.8, 4) is 5.75 Å². The summed E-state index contributed by atoms with van der Waals surface area (Å²) < 4.78 is 5.62. The number of ether oxygens (including phenoxy) is 1. The highest BCUT2D eigenvalue weighted by Crippen LogP contribution is 2.46. The van der Waals surface area contributed by atoms with Gasteiger partial charge < -0.3 is 10.5 Å². The quantitative estimate of drug-likeness (QED) is 0.868. The van der Waals surface area contributed by atoms with Gasteiger partial charge in [-0.2, -0.15) is 0 Å². The van der Waals surface area contributed by atoms with Crippen LogP contribution in [0.1, 0.15) is 57.6 Å². The summed E-state index contributed by atoms with van der Waals surface area (Å²) in [6.07, 6.45) is 9.68. The Labute approximate surface area is 110 Å². The monoisotopic (exact) mass is 248 g/mol. The summed E-state index contributed by atoms with van der Waals surface area (Å²) in [6.45, 7) is 5.13. The standard InChI is InChI=1S/C15H24N2O/c1-3-8-18-13-9-12(10-17-11-13)14(16)15(2)6-4-5-7-15/h9-11,14H,3-8,16H2,1-2H3. The van der Waals surface area contributed by atoms with Gasteiger partial charge in [0.05, 0.1) is 12.8 Å². The van der Waals surface area contributed by atoms with Crippen molar-refractivity contribution in [1.82, 2.24) is 4.98 Å². The molecule has 18 heavy (non-hydrogen) atoms. The molecular weight excluding hydrogens is 224 g/mol. The van der Waals surface area contributed by atoms with Crippen LogP contribution in [0.25, 0.3) is 0 Å². The number of hydrogen-bond acceptors (Lipinski definition) is 3. The molecule has 0 spiro atoms. The predicted molar refractivity (Wildman–Crippen MR) is 73.5 cm³/mol. The molecule has 2 rings (SSSR count). The van der Waals surface area contributed by atoms with Crippen LogP contribution in [0, 0.1) is 5.41 Å². The van der Waals surface area contributed by atoms with Gasteiger partial charge in [-0.1, -0.05) is 26.7 Å². The van der Waals surface area contributed by atoms with Crippen molar-refractivity contribution in [3.05, 3.63) is 24.0 Å². The molecule has 0 radical (unpaired) electrons. The molecule has 1 heterocycles. The second-order valence-corrected chi connectivity index (χ2v) is 5.64. The summed E-state index contributed by atoms with van der Waals surface area (Å²) in [5.41, 5.74) is 7.77. The summed E-state index contributed by atoms with van der Waals surface area (Å²) in [5, 5.41) is 0. The number of nitrogens with zero attached hydrogens (tertiary/aromatic N) is 1. The van der Waals surface area contributed by atoms with Gasteiger partial charge in [0.2, 0.25) is 0 Å². The van der Waals surface area contributed by atoms with Crippen LogP contribution in [0.2, 0.25) is 0 Å². The van der Waals surface area contributed by atoms with Crippen LogP contribution in [0.4, 0.5) is 0 Å². The fraction of sp³-hybridized carbons (Fsp3) is 0.667. The zero-order valence-corrected chi connectivity index (χ0v) is 11.5. The zero-order chi connectivity index (χ0) is 13.0. The molecule has 3 nitrogen and oxygen atoms in total. The van der Waals surface area contributed by atoms with Gasteiger partial charge in [0.15, 0.2) is 0 Å². The molecule has 0 aliphatic heterocycles. The molecule has 1 aromatic heterocycles. The third-order valence-corrected chi connectivity index (χ3v) is 4.06. The second kappa shape index (κ2) is 5.70. The van der Waals surface area contributed by atoms with E-state index in [0.29, 0.717) is 0 Å². The largest absolute Gasteiger partial charge is 0.492 e. The van der Waals surface area contributed by atoms with Gasteiger partial charge in [-0.25, -0.2) is 0 Å². The molecule has 0 saturated heterocycles. The maximum Gasteiger partial charge on any atom is 0.137 e. The average Bonchev–Trinajstić information content (AvgIpc) is 2.84. The lowest BCUT2D eigenvalue weighted by atomic mass is 9.78. The van der Waals surface area contributed by atoms with E-state index in [2.05, 4.69) is 24.9 Å². The minimum atomic E-state index is 0.0673. The topological polar surface area (TPSA) is 48.1 Å². The Kier molecular flexibility index (Phi) is 4.23. The van der Waals surface area contributed by atoms with Gasteiger partial charge in [0, 0.05) is 12.2 Å². The van der Waals surface area contributed by atoms with Crippen LogP contribution in [0.15, 0.2) is 18.5 Å². The van der Waals surface area contributed by atoms with Crippen molar-refractivity contribution in [1.29, 1.82) is 0 Å². The number of aromatic nitrogens is 1. The van der Waals surface area contributed by atoms with Gasteiger partial charge in [-0.3, -0.25) is 4.98 Å². The summed E-state index contributed by atoms with van der Waals surface area (Å²) in [5.74, 6) is 0.839. The summed E-state index contributed by atoms with van der Waals surface area (Å²) >= 11 is 0. The van der Waals surface area contributed by atoms with E-state index in [1.165, 1.54) is 25.7 Å². The number of rotatable bonds is 5. The molecule has 0 aromatic carbocycles. The molecule has 1 unspecified atom stereocenters. The molecule has 2 N–H and O–H groups in total. The first-order valence-electron chi connectivity index (χ1n) is 6.99. The van der Waals surface area contributed by atoms with E-state index in [1.807, 2.05) is 6.20 Å². The number of hydrogen-bond donors (Lipinski definition) is 1. The van der Waals surface area contributed by atoms with Gasteiger partial charge in [-0.15, -0.1) is 0 Å². The Balaban J connectivity index is 2.12. The van der Waals surface area contributed by atoms with Crippen LogP contribution in [-0.4, -0.2) is 11.6 Å². The maximum absolute atomic E-state index is 6.44.